The first-order valence-electron chi connectivity index (χ1n) is 9.84. The van der Waals surface area contributed by atoms with Crippen molar-refractivity contribution in [2.45, 2.75) is 64.6 Å². The summed E-state index contributed by atoms with van der Waals surface area (Å²) in [6, 6.07) is 6.22. The van der Waals surface area contributed by atoms with E-state index in [1.54, 1.807) is 5.19 Å². The highest BCUT2D eigenvalue weighted by molar-refractivity contribution is 6.96. The maximum atomic E-state index is 5.96. The van der Waals surface area contributed by atoms with Gasteiger partial charge in [0.25, 0.3) is 0 Å². The van der Waals surface area contributed by atoms with E-state index >= 15 is 0 Å². The van der Waals surface area contributed by atoms with Gasteiger partial charge < -0.3 is 4.98 Å². The summed E-state index contributed by atoms with van der Waals surface area (Å²) in [4.78, 5) is 12.3. The van der Waals surface area contributed by atoms with E-state index in [0.717, 1.165) is 12.1 Å². The van der Waals surface area contributed by atoms with E-state index in [-0.39, 0.29) is 0 Å². The molecule has 3 aromatic heterocycles. The molecule has 0 fully saturated rings. The fourth-order valence-corrected chi connectivity index (χ4v) is 12.3. The largest absolute Gasteiger partial charge is 0.346 e. The Kier molecular flexibility index (Phi) is 5.78. The molecule has 3 aromatic rings. The molecular formula is C22H30ClN3Si. The van der Waals surface area contributed by atoms with E-state index in [0.29, 0.717) is 21.8 Å². The van der Waals surface area contributed by atoms with Crippen molar-refractivity contribution in [1.29, 1.82) is 0 Å². The number of pyridine rings is 2. The van der Waals surface area contributed by atoms with Crippen molar-refractivity contribution in [3.63, 3.8) is 0 Å². The lowest BCUT2D eigenvalue weighted by Crippen LogP contribution is -2.56. The number of aromatic nitrogens is 3. The van der Waals surface area contributed by atoms with Gasteiger partial charge in [-0.3, -0.25) is 0 Å². The van der Waals surface area contributed by atoms with E-state index in [1.165, 1.54) is 16.5 Å². The standard InChI is InChI=1S/C22H30ClN3Si/c1-14(2)27(15(3)4,16(5)6)19-9-10-24-22-21(19)18(13-26-22)11-17-7-8-20(23)25-12-17/h7-10,12-16H,11H2,1-6H3,(H,24,26). The van der Waals surface area contributed by atoms with Gasteiger partial charge >= 0.3 is 0 Å². The summed E-state index contributed by atoms with van der Waals surface area (Å²) in [5.74, 6) is 0. The van der Waals surface area contributed by atoms with Gasteiger partial charge in [-0.2, -0.15) is 0 Å². The molecule has 3 rings (SSSR count). The van der Waals surface area contributed by atoms with Crippen molar-refractivity contribution in [2.75, 3.05) is 0 Å². The highest BCUT2D eigenvalue weighted by atomic mass is 35.5. The quantitative estimate of drug-likeness (QED) is 0.402. The highest BCUT2D eigenvalue weighted by Crippen LogP contribution is 2.42. The Labute approximate surface area is 168 Å². The van der Waals surface area contributed by atoms with Gasteiger partial charge in [-0.15, -0.1) is 0 Å². The fourth-order valence-electron chi connectivity index (χ4n) is 5.29. The van der Waals surface area contributed by atoms with Crippen LogP contribution in [0.15, 0.2) is 36.8 Å². The molecule has 0 radical (unpaired) electrons. The molecule has 0 atom stereocenters. The van der Waals surface area contributed by atoms with Gasteiger partial charge in [0.05, 0.1) is 8.07 Å². The summed E-state index contributed by atoms with van der Waals surface area (Å²) in [6.07, 6.45) is 6.81. The molecule has 0 unspecified atom stereocenters. The average molecular weight is 400 g/mol. The van der Waals surface area contributed by atoms with Gasteiger partial charge in [0.1, 0.15) is 10.8 Å². The molecule has 0 bridgehead atoms. The summed E-state index contributed by atoms with van der Waals surface area (Å²) in [5, 5.41) is 3.41. The third-order valence-corrected chi connectivity index (χ3v) is 13.5. The van der Waals surface area contributed by atoms with Gasteiger partial charge in [0.2, 0.25) is 0 Å². The van der Waals surface area contributed by atoms with Crippen LogP contribution in [-0.4, -0.2) is 23.0 Å². The van der Waals surface area contributed by atoms with Crippen molar-refractivity contribution in [3.8, 4) is 0 Å². The Bertz CT molecular complexity index is 891. The van der Waals surface area contributed by atoms with Crippen LogP contribution in [0, 0.1) is 0 Å². The number of H-pyrrole nitrogens is 1. The number of aromatic amines is 1. The normalized spacial score (nSPS) is 12.7. The zero-order valence-electron chi connectivity index (χ0n) is 17.2. The summed E-state index contributed by atoms with van der Waals surface area (Å²) in [5.41, 5.74) is 5.44. The monoisotopic (exact) mass is 399 g/mol. The van der Waals surface area contributed by atoms with Crippen LogP contribution in [-0.2, 0) is 6.42 Å². The van der Waals surface area contributed by atoms with E-state index in [1.807, 2.05) is 18.5 Å². The van der Waals surface area contributed by atoms with Crippen molar-refractivity contribution in [3.05, 3.63) is 53.1 Å². The molecule has 0 aliphatic carbocycles. The minimum absolute atomic E-state index is 0.533. The molecule has 0 saturated heterocycles. The van der Waals surface area contributed by atoms with Crippen LogP contribution in [0.25, 0.3) is 11.0 Å². The first-order valence-corrected chi connectivity index (χ1v) is 12.4. The molecule has 144 valence electrons. The Morgan fingerprint density at radius 2 is 1.63 bits per heavy atom. The molecule has 1 N–H and O–H groups in total. The molecule has 0 spiro atoms. The van der Waals surface area contributed by atoms with Crippen LogP contribution >= 0.6 is 11.6 Å². The first kappa shape index (κ1) is 20.1. The minimum atomic E-state index is -1.79. The predicted molar refractivity (Wildman–Crippen MR) is 119 cm³/mol. The maximum absolute atomic E-state index is 5.96. The second-order valence-corrected chi connectivity index (χ2v) is 14.7. The third-order valence-electron chi connectivity index (χ3n) is 6.17. The molecule has 0 aliphatic heterocycles. The van der Waals surface area contributed by atoms with Crippen LogP contribution < -0.4 is 5.19 Å². The van der Waals surface area contributed by atoms with Crippen molar-refractivity contribution < 1.29 is 0 Å². The van der Waals surface area contributed by atoms with Crippen LogP contribution in [0.4, 0.5) is 0 Å². The Morgan fingerprint density at radius 1 is 0.963 bits per heavy atom. The summed E-state index contributed by atoms with van der Waals surface area (Å²) in [7, 11) is -1.79. The van der Waals surface area contributed by atoms with Crippen molar-refractivity contribution in [2.24, 2.45) is 0 Å². The predicted octanol–water partition coefficient (Wildman–Crippen LogP) is 6.09. The average Bonchev–Trinajstić information content (AvgIpc) is 3.00. The van der Waals surface area contributed by atoms with Crippen molar-refractivity contribution in [1.82, 2.24) is 15.0 Å². The van der Waals surface area contributed by atoms with Gasteiger partial charge in [0.15, 0.2) is 0 Å². The highest BCUT2D eigenvalue weighted by Gasteiger charge is 2.45. The van der Waals surface area contributed by atoms with Crippen molar-refractivity contribution >= 4 is 35.9 Å². The number of nitrogens with one attached hydrogen (secondary N) is 1. The summed E-state index contributed by atoms with van der Waals surface area (Å²) >= 11 is 5.96. The number of rotatable bonds is 6. The third kappa shape index (κ3) is 3.45. The SMILES string of the molecule is CC(C)[Si](c1ccnc2[nH]cc(Cc3ccc(Cl)nc3)c12)(C(C)C)C(C)C. The maximum Gasteiger partial charge on any atom is 0.137 e. The Morgan fingerprint density at radius 3 is 2.19 bits per heavy atom. The Hall–Kier alpha value is -1.65. The molecular weight excluding hydrogens is 370 g/mol. The molecule has 3 nitrogen and oxygen atoms in total. The lowest BCUT2D eigenvalue weighted by Gasteiger charge is -2.44. The van der Waals surface area contributed by atoms with Crippen LogP contribution in [0.3, 0.4) is 0 Å². The molecule has 0 saturated carbocycles. The van der Waals surface area contributed by atoms with Crippen LogP contribution in [0.2, 0.25) is 21.8 Å². The summed E-state index contributed by atoms with van der Waals surface area (Å²) < 4.78 is 0. The number of hydrogen-bond donors (Lipinski definition) is 1. The van der Waals surface area contributed by atoms with Gasteiger partial charge in [-0.05, 0) is 45.1 Å². The lowest BCUT2D eigenvalue weighted by atomic mass is 10.1. The topological polar surface area (TPSA) is 41.6 Å². The molecule has 27 heavy (non-hydrogen) atoms. The van der Waals surface area contributed by atoms with Gasteiger partial charge in [-0.1, -0.05) is 59.2 Å². The Balaban J connectivity index is 2.21. The number of halogens is 1. The summed E-state index contributed by atoms with van der Waals surface area (Å²) in [6.45, 7) is 14.5. The number of fused-ring (bicyclic) bond motifs is 1. The number of hydrogen-bond acceptors (Lipinski definition) is 2. The second-order valence-electron chi connectivity index (χ2n) is 8.46. The van der Waals surface area contributed by atoms with E-state index < -0.39 is 8.07 Å². The zero-order valence-corrected chi connectivity index (χ0v) is 18.9. The molecule has 0 aliphatic rings. The lowest BCUT2D eigenvalue weighted by molar-refractivity contribution is 0.835. The minimum Gasteiger partial charge on any atom is -0.346 e. The fraction of sp³-hybridized carbons (Fsp3) is 0.455. The van der Waals surface area contributed by atoms with Crippen LogP contribution in [0.5, 0.6) is 0 Å². The van der Waals surface area contributed by atoms with E-state index in [9.17, 15) is 0 Å². The van der Waals surface area contributed by atoms with E-state index in [2.05, 4.69) is 74.8 Å². The number of nitrogens with zero attached hydrogens (tertiary/aromatic N) is 2. The zero-order chi connectivity index (χ0) is 19.8. The van der Waals surface area contributed by atoms with Crippen LogP contribution in [0.1, 0.15) is 52.7 Å². The molecule has 3 heterocycles. The molecule has 5 heteroatoms. The van der Waals surface area contributed by atoms with Gasteiger partial charge in [0, 0.05) is 30.4 Å². The first-order chi connectivity index (χ1) is 12.8. The van der Waals surface area contributed by atoms with Gasteiger partial charge in [-0.25, -0.2) is 9.97 Å². The van der Waals surface area contributed by atoms with E-state index in [4.69, 9.17) is 11.6 Å². The smallest absolute Gasteiger partial charge is 0.137 e. The molecule has 0 amide bonds. The molecule has 0 aromatic carbocycles. The second kappa shape index (κ2) is 7.76.